The van der Waals surface area contributed by atoms with Crippen molar-refractivity contribution in [3.63, 3.8) is 0 Å². The van der Waals surface area contributed by atoms with E-state index in [0.29, 0.717) is 24.5 Å². The summed E-state index contributed by atoms with van der Waals surface area (Å²) < 4.78 is 42.9. The maximum absolute atomic E-state index is 12.5. The zero-order valence-corrected chi connectivity index (χ0v) is 10.9. The number of halogens is 3. The van der Waals surface area contributed by atoms with Crippen molar-refractivity contribution in [2.45, 2.75) is 18.6 Å². The van der Waals surface area contributed by atoms with E-state index in [1.807, 2.05) is 0 Å². The Morgan fingerprint density at radius 2 is 2.20 bits per heavy atom. The molecule has 0 saturated carbocycles. The number of rotatable bonds is 3. The number of carbonyl (C=O) groups is 1. The number of alkyl halides is 3. The van der Waals surface area contributed by atoms with Gasteiger partial charge in [0.15, 0.2) is 0 Å². The molecule has 1 heterocycles. The number of carbonyl (C=O) groups excluding carboxylic acids is 1. The Kier molecular flexibility index (Phi) is 4.17. The Balaban J connectivity index is 2.31. The van der Waals surface area contributed by atoms with E-state index in [0.717, 1.165) is 0 Å². The monoisotopic (exact) mass is 288 g/mol. The summed E-state index contributed by atoms with van der Waals surface area (Å²) >= 11 is 0. The summed E-state index contributed by atoms with van der Waals surface area (Å²) in [6, 6.07) is 3.64. The van der Waals surface area contributed by atoms with Gasteiger partial charge in [0.25, 0.3) is 5.91 Å². The predicted molar refractivity (Wildman–Crippen MR) is 66.7 cm³/mol. The number of hydrogen-bond donors (Lipinski definition) is 2. The first-order chi connectivity index (χ1) is 9.40. The maximum Gasteiger partial charge on any atom is 0.390 e. The lowest BCUT2D eigenvalue weighted by atomic mass is 10.00. The van der Waals surface area contributed by atoms with Crippen LogP contribution in [0.2, 0.25) is 0 Å². The molecule has 0 fully saturated rings. The number of benzene rings is 1. The van der Waals surface area contributed by atoms with Crippen molar-refractivity contribution in [3.05, 3.63) is 29.3 Å². The molecule has 7 heteroatoms. The summed E-state index contributed by atoms with van der Waals surface area (Å²) in [5, 5.41) is 5.25. The van der Waals surface area contributed by atoms with Crippen molar-refractivity contribution in [1.82, 2.24) is 10.6 Å². The van der Waals surface area contributed by atoms with Crippen LogP contribution in [-0.2, 0) is 0 Å². The average molecular weight is 288 g/mol. The van der Waals surface area contributed by atoms with Crippen molar-refractivity contribution in [1.29, 1.82) is 0 Å². The fraction of sp³-hybridized carbons (Fsp3) is 0.462. The molecule has 0 saturated heterocycles. The van der Waals surface area contributed by atoms with Crippen LogP contribution in [-0.4, -0.2) is 32.3 Å². The summed E-state index contributed by atoms with van der Waals surface area (Å²) in [5.74, 6) is 0.0619. The first kappa shape index (κ1) is 14.6. The minimum atomic E-state index is -4.28. The second-order valence-corrected chi connectivity index (χ2v) is 4.52. The molecule has 0 aliphatic carbocycles. The highest BCUT2D eigenvalue weighted by Gasteiger charge is 2.32. The molecule has 2 N–H and O–H groups in total. The zero-order valence-electron chi connectivity index (χ0n) is 10.9. The van der Waals surface area contributed by atoms with Gasteiger partial charge in [0, 0.05) is 6.04 Å². The van der Waals surface area contributed by atoms with Gasteiger partial charge in [0.05, 0.1) is 18.5 Å². The van der Waals surface area contributed by atoms with E-state index in [4.69, 9.17) is 4.74 Å². The summed E-state index contributed by atoms with van der Waals surface area (Å²) in [6.45, 7) is 0.719. The Labute approximate surface area is 114 Å². The van der Waals surface area contributed by atoms with E-state index < -0.39 is 18.6 Å². The summed E-state index contributed by atoms with van der Waals surface area (Å²) in [7, 11) is 1.46. The molecule has 0 aromatic heterocycles. The van der Waals surface area contributed by atoms with E-state index in [1.165, 1.54) is 19.2 Å². The van der Waals surface area contributed by atoms with Gasteiger partial charge in [-0.05, 0) is 24.7 Å². The molecule has 1 unspecified atom stereocenters. The third-order valence-electron chi connectivity index (χ3n) is 3.08. The van der Waals surface area contributed by atoms with Gasteiger partial charge >= 0.3 is 6.18 Å². The minimum absolute atomic E-state index is 0.266. The number of amides is 1. The zero-order chi connectivity index (χ0) is 14.8. The van der Waals surface area contributed by atoms with Crippen LogP contribution in [0, 0.1) is 0 Å². The molecule has 4 nitrogen and oxygen atoms in total. The molecular weight excluding hydrogens is 273 g/mol. The van der Waals surface area contributed by atoms with Gasteiger partial charge < -0.3 is 15.4 Å². The maximum atomic E-state index is 12.5. The quantitative estimate of drug-likeness (QED) is 0.894. The van der Waals surface area contributed by atoms with Gasteiger partial charge in [-0.3, -0.25) is 4.79 Å². The topological polar surface area (TPSA) is 50.4 Å². The van der Waals surface area contributed by atoms with Crippen LogP contribution in [0.3, 0.4) is 0 Å². The first-order valence-corrected chi connectivity index (χ1v) is 6.19. The molecule has 0 bridgehead atoms. The highest BCUT2D eigenvalue weighted by Crippen LogP contribution is 2.31. The number of ether oxygens (including phenoxy) is 1. The van der Waals surface area contributed by atoms with Gasteiger partial charge in [0.2, 0.25) is 0 Å². The minimum Gasteiger partial charge on any atom is -0.491 e. The van der Waals surface area contributed by atoms with Crippen molar-refractivity contribution >= 4 is 5.91 Å². The normalized spacial score (nSPS) is 16.7. The molecule has 1 atom stereocenters. The lowest BCUT2D eigenvalue weighted by Gasteiger charge is -2.19. The van der Waals surface area contributed by atoms with Crippen LogP contribution in [0.4, 0.5) is 13.2 Å². The van der Waals surface area contributed by atoms with E-state index in [9.17, 15) is 18.0 Å². The Bertz CT molecular complexity index is 503. The van der Waals surface area contributed by atoms with E-state index >= 15 is 0 Å². The van der Waals surface area contributed by atoms with Gasteiger partial charge in [-0.2, -0.15) is 13.2 Å². The molecule has 2 rings (SSSR count). The molecule has 0 spiro atoms. The fourth-order valence-corrected chi connectivity index (χ4v) is 2.11. The van der Waals surface area contributed by atoms with Crippen molar-refractivity contribution < 1.29 is 22.7 Å². The van der Waals surface area contributed by atoms with E-state index in [2.05, 4.69) is 10.6 Å². The van der Waals surface area contributed by atoms with E-state index in [-0.39, 0.29) is 11.5 Å². The second kappa shape index (κ2) is 5.70. The largest absolute Gasteiger partial charge is 0.491 e. The van der Waals surface area contributed by atoms with Crippen molar-refractivity contribution in [3.8, 4) is 5.75 Å². The third-order valence-corrected chi connectivity index (χ3v) is 3.08. The number of hydrogen-bond acceptors (Lipinski definition) is 3. The third kappa shape index (κ3) is 3.41. The van der Waals surface area contributed by atoms with Crippen LogP contribution in [0.25, 0.3) is 0 Å². The van der Waals surface area contributed by atoms with Gasteiger partial charge in [-0.15, -0.1) is 0 Å². The lowest BCUT2D eigenvalue weighted by molar-refractivity contribution is -0.140. The van der Waals surface area contributed by atoms with Crippen LogP contribution in [0.1, 0.15) is 28.4 Å². The summed E-state index contributed by atoms with van der Waals surface area (Å²) in [4.78, 5) is 11.8. The van der Waals surface area contributed by atoms with Gasteiger partial charge in [0.1, 0.15) is 12.4 Å². The van der Waals surface area contributed by atoms with Crippen molar-refractivity contribution in [2.24, 2.45) is 0 Å². The standard InChI is InChI=1S/C13H15F3N2O2/c1-17-10(7-13(14,15)16)8-2-3-11-9(6-8)12(19)18-4-5-20-11/h2-3,6,10,17H,4-5,7H2,1H3,(H,18,19). The average Bonchev–Trinajstić information content (AvgIpc) is 2.57. The second-order valence-electron chi connectivity index (χ2n) is 4.52. The Morgan fingerprint density at radius 3 is 2.85 bits per heavy atom. The molecule has 1 aromatic rings. The fourth-order valence-electron chi connectivity index (χ4n) is 2.11. The molecule has 110 valence electrons. The van der Waals surface area contributed by atoms with Gasteiger partial charge in [-0.25, -0.2) is 0 Å². The summed E-state index contributed by atoms with van der Waals surface area (Å²) in [6.07, 6.45) is -5.27. The summed E-state index contributed by atoms with van der Waals surface area (Å²) in [5.41, 5.74) is 0.673. The van der Waals surface area contributed by atoms with Crippen LogP contribution >= 0.6 is 0 Å². The molecule has 1 aliphatic heterocycles. The smallest absolute Gasteiger partial charge is 0.390 e. The predicted octanol–water partition coefficient (Wildman–Crippen LogP) is 2.02. The lowest BCUT2D eigenvalue weighted by Crippen LogP contribution is -2.25. The SMILES string of the molecule is CNC(CC(F)(F)F)c1ccc2c(c1)C(=O)NCCO2. The Hall–Kier alpha value is -1.76. The molecule has 1 amide bonds. The molecule has 0 radical (unpaired) electrons. The first-order valence-electron chi connectivity index (χ1n) is 6.19. The highest BCUT2D eigenvalue weighted by atomic mass is 19.4. The van der Waals surface area contributed by atoms with E-state index in [1.54, 1.807) is 6.07 Å². The van der Waals surface area contributed by atoms with Crippen LogP contribution < -0.4 is 15.4 Å². The van der Waals surface area contributed by atoms with Crippen LogP contribution in [0.15, 0.2) is 18.2 Å². The molecule has 20 heavy (non-hydrogen) atoms. The van der Waals surface area contributed by atoms with Crippen LogP contribution in [0.5, 0.6) is 5.75 Å². The van der Waals surface area contributed by atoms with Crippen molar-refractivity contribution in [2.75, 3.05) is 20.2 Å². The molecule has 1 aromatic carbocycles. The highest BCUT2D eigenvalue weighted by molar-refractivity contribution is 5.97. The molecule has 1 aliphatic rings. The molecular formula is C13H15F3N2O2. The number of fused-ring (bicyclic) bond motifs is 1. The van der Waals surface area contributed by atoms with Gasteiger partial charge in [-0.1, -0.05) is 6.07 Å². The number of nitrogens with one attached hydrogen (secondary N) is 2. The Morgan fingerprint density at radius 1 is 1.45 bits per heavy atom.